The first-order valence-corrected chi connectivity index (χ1v) is 9.53. The van der Waals surface area contributed by atoms with E-state index in [1.807, 2.05) is 6.92 Å². The second kappa shape index (κ2) is 7.22. The zero-order valence-corrected chi connectivity index (χ0v) is 15.6. The Balaban J connectivity index is 1.79. The van der Waals surface area contributed by atoms with Crippen molar-refractivity contribution in [1.29, 1.82) is 0 Å². The molecule has 27 heavy (non-hydrogen) atoms. The third-order valence-corrected chi connectivity index (χ3v) is 5.71. The Bertz CT molecular complexity index is 962. The standard InChI is InChI=1S/C17H19N5O4S/c1-2-13-18-17-21(19-13)16(23)15(27-17)14(20-7-9-26-10-8-20)11-3-5-12(6-4-11)22(24)25/h3-6,14,23H,2,7-10H2,1H3/t14-/m0/s1. The van der Waals surface area contributed by atoms with Gasteiger partial charge in [-0.15, -0.1) is 5.10 Å². The van der Waals surface area contributed by atoms with Crippen molar-refractivity contribution in [3.05, 3.63) is 50.6 Å². The van der Waals surface area contributed by atoms with Crippen LogP contribution in [0.3, 0.4) is 0 Å². The van der Waals surface area contributed by atoms with Crippen LogP contribution in [-0.2, 0) is 11.2 Å². The molecule has 1 N–H and O–H groups in total. The van der Waals surface area contributed by atoms with Gasteiger partial charge in [0.05, 0.1) is 29.1 Å². The Kier molecular flexibility index (Phi) is 4.77. The monoisotopic (exact) mass is 389 g/mol. The number of aromatic nitrogens is 3. The molecule has 3 heterocycles. The lowest BCUT2D eigenvalue weighted by atomic mass is 10.0. The van der Waals surface area contributed by atoms with E-state index in [4.69, 9.17) is 4.74 Å². The van der Waals surface area contributed by atoms with E-state index in [-0.39, 0.29) is 17.6 Å². The fourth-order valence-electron chi connectivity index (χ4n) is 3.26. The van der Waals surface area contributed by atoms with Crippen LogP contribution in [0.15, 0.2) is 24.3 Å². The van der Waals surface area contributed by atoms with E-state index in [9.17, 15) is 15.2 Å². The summed E-state index contributed by atoms with van der Waals surface area (Å²) in [5, 5.41) is 26.1. The van der Waals surface area contributed by atoms with E-state index in [0.29, 0.717) is 43.5 Å². The van der Waals surface area contributed by atoms with Crippen LogP contribution in [0, 0.1) is 10.1 Å². The van der Waals surface area contributed by atoms with Gasteiger partial charge in [-0.05, 0) is 5.56 Å². The number of ether oxygens (including phenoxy) is 1. The van der Waals surface area contributed by atoms with Gasteiger partial charge in [0.15, 0.2) is 5.82 Å². The Labute approximate surface area is 159 Å². The van der Waals surface area contributed by atoms with Gasteiger partial charge in [-0.3, -0.25) is 15.0 Å². The lowest BCUT2D eigenvalue weighted by Crippen LogP contribution is -2.39. The van der Waals surface area contributed by atoms with E-state index < -0.39 is 4.92 Å². The normalized spacial score (nSPS) is 16.6. The summed E-state index contributed by atoms with van der Waals surface area (Å²) in [6.45, 7) is 4.57. The van der Waals surface area contributed by atoms with Gasteiger partial charge in [0, 0.05) is 31.6 Å². The molecule has 4 rings (SSSR count). The molecule has 1 atom stereocenters. The fourth-order valence-corrected chi connectivity index (χ4v) is 4.40. The number of morpholine rings is 1. The molecule has 0 aliphatic carbocycles. The first-order valence-electron chi connectivity index (χ1n) is 8.72. The maximum Gasteiger partial charge on any atom is 0.269 e. The summed E-state index contributed by atoms with van der Waals surface area (Å²) in [4.78, 5) is 18.6. The first-order chi connectivity index (χ1) is 13.1. The van der Waals surface area contributed by atoms with Crippen LogP contribution in [0.1, 0.15) is 29.2 Å². The maximum atomic E-state index is 11.0. The van der Waals surface area contributed by atoms with Gasteiger partial charge in [-0.1, -0.05) is 30.4 Å². The number of hydrogen-bond acceptors (Lipinski definition) is 8. The smallest absolute Gasteiger partial charge is 0.269 e. The molecule has 2 aromatic heterocycles. The molecule has 0 bridgehead atoms. The average Bonchev–Trinajstić information content (AvgIpc) is 3.23. The minimum atomic E-state index is -0.416. The highest BCUT2D eigenvalue weighted by atomic mass is 32.1. The Morgan fingerprint density at radius 3 is 2.63 bits per heavy atom. The van der Waals surface area contributed by atoms with Gasteiger partial charge >= 0.3 is 0 Å². The first kappa shape index (κ1) is 17.8. The van der Waals surface area contributed by atoms with Crippen LogP contribution in [0.4, 0.5) is 5.69 Å². The molecule has 142 valence electrons. The van der Waals surface area contributed by atoms with Crippen LogP contribution in [-0.4, -0.2) is 55.8 Å². The highest BCUT2D eigenvalue weighted by Gasteiger charge is 2.30. The topological polar surface area (TPSA) is 106 Å². The summed E-state index contributed by atoms with van der Waals surface area (Å²) in [6, 6.07) is 6.22. The molecule has 0 unspecified atom stereocenters. The number of non-ortho nitro benzene ring substituents is 1. The van der Waals surface area contributed by atoms with Gasteiger partial charge < -0.3 is 9.84 Å². The minimum Gasteiger partial charge on any atom is -0.492 e. The van der Waals surface area contributed by atoms with Crippen LogP contribution < -0.4 is 0 Å². The fraction of sp³-hybridized carbons (Fsp3) is 0.412. The number of nitro benzene ring substituents is 1. The molecule has 0 saturated carbocycles. The van der Waals surface area contributed by atoms with Crippen LogP contribution >= 0.6 is 11.3 Å². The van der Waals surface area contributed by atoms with E-state index >= 15 is 0 Å². The second-order valence-electron chi connectivity index (χ2n) is 6.27. The molecular weight excluding hydrogens is 370 g/mol. The predicted octanol–water partition coefficient (Wildman–Crippen LogP) is 2.39. The highest BCUT2D eigenvalue weighted by Crippen LogP contribution is 2.40. The van der Waals surface area contributed by atoms with Crippen LogP contribution in [0.25, 0.3) is 4.96 Å². The molecule has 0 spiro atoms. The number of benzene rings is 1. The summed E-state index contributed by atoms with van der Waals surface area (Å²) < 4.78 is 6.93. The van der Waals surface area contributed by atoms with Crippen molar-refractivity contribution in [3.63, 3.8) is 0 Å². The number of fused-ring (bicyclic) bond motifs is 1. The third kappa shape index (κ3) is 3.27. The molecular formula is C17H19N5O4S. The molecule has 1 aliphatic rings. The van der Waals surface area contributed by atoms with Crippen molar-refractivity contribution in [1.82, 2.24) is 19.5 Å². The summed E-state index contributed by atoms with van der Waals surface area (Å²) in [5.74, 6) is 0.749. The summed E-state index contributed by atoms with van der Waals surface area (Å²) in [5.41, 5.74) is 0.914. The van der Waals surface area contributed by atoms with Crippen molar-refractivity contribution >= 4 is 22.0 Å². The lowest BCUT2D eigenvalue weighted by molar-refractivity contribution is -0.384. The van der Waals surface area contributed by atoms with Crippen molar-refractivity contribution in [3.8, 4) is 5.88 Å². The highest BCUT2D eigenvalue weighted by molar-refractivity contribution is 7.17. The maximum absolute atomic E-state index is 11.0. The molecule has 1 fully saturated rings. The van der Waals surface area contributed by atoms with Gasteiger partial charge in [-0.2, -0.15) is 4.52 Å². The van der Waals surface area contributed by atoms with Crippen molar-refractivity contribution < 1.29 is 14.8 Å². The zero-order valence-electron chi connectivity index (χ0n) is 14.7. The Morgan fingerprint density at radius 1 is 1.33 bits per heavy atom. The predicted molar refractivity (Wildman–Crippen MR) is 99.2 cm³/mol. The average molecular weight is 389 g/mol. The van der Waals surface area contributed by atoms with Gasteiger partial charge in [0.2, 0.25) is 10.8 Å². The quantitative estimate of drug-likeness (QED) is 0.527. The SMILES string of the molecule is CCc1nc2sc([C@H](c3ccc([N+](=O)[O-])cc3)N3CCOCC3)c(O)n2n1. The number of nitrogens with zero attached hydrogens (tertiary/aromatic N) is 5. The molecule has 1 saturated heterocycles. The number of thiazole rings is 1. The van der Waals surface area contributed by atoms with Crippen molar-refractivity contribution in [2.75, 3.05) is 26.3 Å². The van der Waals surface area contributed by atoms with Gasteiger partial charge in [0.25, 0.3) is 5.69 Å². The van der Waals surface area contributed by atoms with E-state index in [0.717, 1.165) is 10.4 Å². The van der Waals surface area contributed by atoms with E-state index in [2.05, 4.69) is 15.0 Å². The van der Waals surface area contributed by atoms with Crippen molar-refractivity contribution in [2.24, 2.45) is 0 Å². The lowest BCUT2D eigenvalue weighted by Gasteiger charge is -2.34. The number of aromatic hydroxyl groups is 1. The summed E-state index contributed by atoms with van der Waals surface area (Å²) in [6.07, 6.45) is 0.693. The summed E-state index contributed by atoms with van der Waals surface area (Å²) in [7, 11) is 0. The molecule has 1 aliphatic heterocycles. The Hall–Kier alpha value is -2.56. The van der Waals surface area contributed by atoms with Crippen LogP contribution in [0.5, 0.6) is 5.88 Å². The second-order valence-corrected chi connectivity index (χ2v) is 7.27. The molecule has 0 radical (unpaired) electrons. The molecule has 0 amide bonds. The number of rotatable bonds is 5. The number of hydrogen-bond donors (Lipinski definition) is 1. The largest absolute Gasteiger partial charge is 0.492 e. The zero-order chi connectivity index (χ0) is 19.0. The Morgan fingerprint density at radius 2 is 2.04 bits per heavy atom. The molecule has 9 nitrogen and oxygen atoms in total. The molecule has 1 aromatic carbocycles. The van der Waals surface area contributed by atoms with Gasteiger partial charge in [-0.25, -0.2) is 4.98 Å². The third-order valence-electron chi connectivity index (χ3n) is 4.64. The van der Waals surface area contributed by atoms with Gasteiger partial charge in [0.1, 0.15) is 0 Å². The van der Waals surface area contributed by atoms with Crippen molar-refractivity contribution in [2.45, 2.75) is 19.4 Å². The van der Waals surface area contributed by atoms with E-state index in [1.165, 1.54) is 28.0 Å². The van der Waals surface area contributed by atoms with E-state index in [1.54, 1.807) is 12.1 Å². The van der Waals surface area contributed by atoms with Crippen LogP contribution in [0.2, 0.25) is 0 Å². The number of aryl methyl sites for hydroxylation is 1. The number of nitro groups is 1. The minimum absolute atomic E-state index is 0.0407. The molecule has 10 heteroatoms. The summed E-state index contributed by atoms with van der Waals surface area (Å²) >= 11 is 1.39. The molecule has 3 aromatic rings.